The van der Waals surface area contributed by atoms with Crippen molar-refractivity contribution in [2.24, 2.45) is 0 Å². The molecule has 0 saturated heterocycles. The van der Waals surface area contributed by atoms with E-state index in [9.17, 15) is 4.79 Å². The van der Waals surface area contributed by atoms with E-state index in [0.717, 1.165) is 22.0 Å². The summed E-state index contributed by atoms with van der Waals surface area (Å²) < 4.78 is 5.16. The largest absolute Gasteiger partial charge is 0.497 e. The van der Waals surface area contributed by atoms with Crippen molar-refractivity contribution in [2.45, 2.75) is 6.92 Å². The zero-order chi connectivity index (χ0) is 12.7. The minimum atomic E-state index is 0.0429. The van der Waals surface area contributed by atoms with Crippen LogP contribution in [0.1, 0.15) is 5.56 Å². The number of rotatable bonds is 1. The van der Waals surface area contributed by atoms with E-state index >= 15 is 0 Å². The molecule has 0 fully saturated rings. The zero-order valence-electron chi connectivity index (χ0n) is 10.3. The zero-order valence-corrected chi connectivity index (χ0v) is 10.3. The second-order valence-corrected chi connectivity index (χ2v) is 4.41. The Hall–Kier alpha value is -2.29. The second-order valence-electron chi connectivity index (χ2n) is 4.41. The molecule has 0 aliphatic heterocycles. The molecule has 0 spiro atoms. The Labute approximate surface area is 104 Å². The van der Waals surface area contributed by atoms with Gasteiger partial charge in [-0.15, -0.1) is 0 Å². The van der Waals surface area contributed by atoms with Gasteiger partial charge >= 0.3 is 0 Å². The van der Waals surface area contributed by atoms with Crippen LogP contribution in [0.2, 0.25) is 0 Å². The molecule has 1 N–H and O–H groups in total. The molecule has 1 aromatic heterocycles. The summed E-state index contributed by atoms with van der Waals surface area (Å²) in [4.78, 5) is 15.7. The molecule has 2 aromatic carbocycles. The molecule has 0 saturated carbocycles. The molecule has 1 heterocycles. The van der Waals surface area contributed by atoms with Gasteiger partial charge in [0.1, 0.15) is 5.75 Å². The van der Waals surface area contributed by atoms with Gasteiger partial charge in [-0.2, -0.15) is 0 Å². The van der Waals surface area contributed by atoms with Crippen molar-refractivity contribution in [1.82, 2.24) is 4.98 Å². The number of aryl methyl sites for hydroxylation is 1. The summed E-state index contributed by atoms with van der Waals surface area (Å²) in [6.45, 7) is 1.98. The van der Waals surface area contributed by atoms with Crippen LogP contribution in [-0.2, 0) is 0 Å². The van der Waals surface area contributed by atoms with E-state index in [-0.39, 0.29) is 5.43 Å². The SMILES string of the molecule is COc1ccc2[nH]c3ccc(C)cc3c(=O)c2c1. The van der Waals surface area contributed by atoms with Gasteiger partial charge in [-0.1, -0.05) is 11.6 Å². The summed E-state index contributed by atoms with van der Waals surface area (Å²) in [5, 5.41) is 1.38. The maximum atomic E-state index is 12.4. The molecule has 0 atom stereocenters. The standard InChI is InChI=1S/C15H13NO2/c1-9-3-5-13-11(7-9)15(17)12-8-10(18-2)4-6-14(12)16-13/h3-8H,1-2H3,(H,16,17). The van der Waals surface area contributed by atoms with E-state index in [1.54, 1.807) is 13.2 Å². The highest BCUT2D eigenvalue weighted by Gasteiger charge is 2.06. The Bertz CT molecular complexity index is 803. The number of pyridine rings is 1. The van der Waals surface area contributed by atoms with Gasteiger partial charge in [-0.3, -0.25) is 4.79 Å². The number of fused-ring (bicyclic) bond motifs is 2. The topological polar surface area (TPSA) is 42.1 Å². The number of benzene rings is 2. The van der Waals surface area contributed by atoms with Crippen LogP contribution >= 0.6 is 0 Å². The molecule has 3 heteroatoms. The Kier molecular flexibility index (Phi) is 2.33. The van der Waals surface area contributed by atoms with Gasteiger partial charge in [0.25, 0.3) is 0 Å². The third kappa shape index (κ3) is 1.56. The molecule has 0 radical (unpaired) electrons. The van der Waals surface area contributed by atoms with Crippen molar-refractivity contribution >= 4 is 21.8 Å². The highest BCUT2D eigenvalue weighted by atomic mass is 16.5. The fraction of sp³-hybridized carbons (Fsp3) is 0.133. The average Bonchev–Trinajstić information content (AvgIpc) is 2.40. The van der Waals surface area contributed by atoms with Gasteiger partial charge in [-0.05, 0) is 37.3 Å². The number of aromatic nitrogens is 1. The van der Waals surface area contributed by atoms with Crippen LogP contribution in [0.5, 0.6) is 5.75 Å². The van der Waals surface area contributed by atoms with E-state index in [1.165, 1.54) is 0 Å². The first-order chi connectivity index (χ1) is 8.69. The van der Waals surface area contributed by atoms with Crippen LogP contribution in [-0.4, -0.2) is 12.1 Å². The van der Waals surface area contributed by atoms with E-state index in [0.29, 0.717) is 11.1 Å². The smallest absolute Gasteiger partial charge is 0.197 e. The normalized spacial score (nSPS) is 11.0. The molecular weight excluding hydrogens is 226 g/mol. The third-order valence-electron chi connectivity index (χ3n) is 3.16. The molecule has 0 unspecified atom stereocenters. The number of nitrogens with one attached hydrogen (secondary N) is 1. The maximum Gasteiger partial charge on any atom is 0.197 e. The highest BCUT2D eigenvalue weighted by Crippen LogP contribution is 2.20. The third-order valence-corrected chi connectivity index (χ3v) is 3.16. The van der Waals surface area contributed by atoms with Crippen LogP contribution < -0.4 is 10.2 Å². The summed E-state index contributed by atoms with van der Waals surface area (Å²) in [6.07, 6.45) is 0. The van der Waals surface area contributed by atoms with Gasteiger partial charge in [0.15, 0.2) is 5.43 Å². The number of ether oxygens (including phenoxy) is 1. The Morgan fingerprint density at radius 1 is 1.00 bits per heavy atom. The van der Waals surface area contributed by atoms with Crippen molar-refractivity contribution < 1.29 is 4.74 Å². The van der Waals surface area contributed by atoms with Crippen molar-refractivity contribution in [3.05, 3.63) is 52.2 Å². The first-order valence-electron chi connectivity index (χ1n) is 5.79. The molecule has 3 rings (SSSR count). The highest BCUT2D eigenvalue weighted by molar-refractivity contribution is 5.93. The van der Waals surface area contributed by atoms with Crippen LogP contribution in [0.3, 0.4) is 0 Å². The van der Waals surface area contributed by atoms with E-state index in [4.69, 9.17) is 4.74 Å². The molecule has 0 amide bonds. The Morgan fingerprint density at radius 3 is 2.39 bits per heavy atom. The molecule has 3 nitrogen and oxygen atoms in total. The number of methoxy groups -OCH3 is 1. The first-order valence-corrected chi connectivity index (χ1v) is 5.79. The number of hydrogen-bond donors (Lipinski definition) is 1. The monoisotopic (exact) mass is 239 g/mol. The van der Waals surface area contributed by atoms with Gasteiger partial charge in [-0.25, -0.2) is 0 Å². The fourth-order valence-corrected chi connectivity index (χ4v) is 2.19. The van der Waals surface area contributed by atoms with Gasteiger partial charge in [0.05, 0.1) is 12.6 Å². The van der Waals surface area contributed by atoms with Crippen molar-refractivity contribution in [3.8, 4) is 5.75 Å². The summed E-state index contributed by atoms with van der Waals surface area (Å²) in [5.41, 5.74) is 2.82. The summed E-state index contributed by atoms with van der Waals surface area (Å²) >= 11 is 0. The van der Waals surface area contributed by atoms with Crippen LogP contribution in [0, 0.1) is 6.92 Å². The van der Waals surface area contributed by atoms with E-state index in [2.05, 4.69) is 4.98 Å². The quantitative estimate of drug-likeness (QED) is 0.663. The summed E-state index contributed by atoms with van der Waals surface area (Å²) in [6, 6.07) is 11.3. The number of aromatic amines is 1. The summed E-state index contributed by atoms with van der Waals surface area (Å²) in [5.74, 6) is 0.694. The Morgan fingerprint density at radius 2 is 1.67 bits per heavy atom. The predicted octanol–water partition coefficient (Wildman–Crippen LogP) is 3.00. The fourth-order valence-electron chi connectivity index (χ4n) is 2.19. The lowest BCUT2D eigenvalue weighted by Gasteiger charge is -2.05. The molecule has 3 aromatic rings. The molecule has 0 aliphatic carbocycles. The lowest BCUT2D eigenvalue weighted by molar-refractivity contribution is 0.415. The Balaban J connectivity index is 2.49. The van der Waals surface area contributed by atoms with Crippen LogP contribution in [0.4, 0.5) is 0 Å². The molecule has 90 valence electrons. The minimum absolute atomic E-state index is 0.0429. The summed E-state index contributed by atoms with van der Waals surface area (Å²) in [7, 11) is 1.60. The lowest BCUT2D eigenvalue weighted by Crippen LogP contribution is -2.04. The van der Waals surface area contributed by atoms with Crippen molar-refractivity contribution in [3.63, 3.8) is 0 Å². The molecular formula is C15H13NO2. The van der Waals surface area contributed by atoms with Crippen LogP contribution in [0.25, 0.3) is 21.8 Å². The average molecular weight is 239 g/mol. The number of hydrogen-bond acceptors (Lipinski definition) is 2. The maximum absolute atomic E-state index is 12.4. The molecule has 0 bridgehead atoms. The minimum Gasteiger partial charge on any atom is -0.497 e. The van der Waals surface area contributed by atoms with Gasteiger partial charge in [0, 0.05) is 16.3 Å². The van der Waals surface area contributed by atoms with E-state index < -0.39 is 0 Å². The van der Waals surface area contributed by atoms with Crippen molar-refractivity contribution in [2.75, 3.05) is 7.11 Å². The number of H-pyrrole nitrogens is 1. The van der Waals surface area contributed by atoms with Crippen LogP contribution in [0.15, 0.2) is 41.2 Å². The van der Waals surface area contributed by atoms with E-state index in [1.807, 2.05) is 37.3 Å². The molecule has 18 heavy (non-hydrogen) atoms. The predicted molar refractivity (Wildman–Crippen MR) is 73.4 cm³/mol. The van der Waals surface area contributed by atoms with Gasteiger partial charge < -0.3 is 9.72 Å². The second kappa shape index (κ2) is 3.88. The molecule has 0 aliphatic rings. The van der Waals surface area contributed by atoms with Crippen molar-refractivity contribution in [1.29, 1.82) is 0 Å². The first kappa shape index (κ1) is 10.8. The van der Waals surface area contributed by atoms with Gasteiger partial charge in [0.2, 0.25) is 0 Å². The lowest BCUT2D eigenvalue weighted by atomic mass is 10.1.